The summed E-state index contributed by atoms with van der Waals surface area (Å²) < 4.78 is 5.09. The molecule has 0 aliphatic rings. The van der Waals surface area contributed by atoms with Crippen LogP contribution in [0.2, 0.25) is 0 Å². The monoisotopic (exact) mass is 234 g/mol. The van der Waals surface area contributed by atoms with Crippen molar-refractivity contribution >= 4 is 0 Å². The minimum Gasteiger partial charge on any atom is -0.508 e. The molecule has 0 bridgehead atoms. The van der Waals surface area contributed by atoms with Crippen LogP contribution >= 0.6 is 0 Å². The van der Waals surface area contributed by atoms with Gasteiger partial charge in [0.05, 0.1) is 13.7 Å². The Labute approximate surface area is 98.7 Å². The summed E-state index contributed by atoms with van der Waals surface area (Å²) in [6.07, 6.45) is 1.46. The lowest BCUT2D eigenvalue weighted by Gasteiger charge is -2.07. The summed E-state index contributed by atoms with van der Waals surface area (Å²) in [6, 6.07) is 5.13. The molecule has 0 spiro atoms. The summed E-state index contributed by atoms with van der Waals surface area (Å²) in [5.41, 5.74) is 0.781. The molecule has 3 N–H and O–H groups in total. The molecule has 0 atom stereocenters. The molecule has 17 heavy (non-hydrogen) atoms. The number of ether oxygens (including phenoxy) is 1. The van der Waals surface area contributed by atoms with Gasteiger partial charge in [-0.2, -0.15) is 5.10 Å². The number of methoxy groups -OCH3 is 1. The lowest BCUT2D eigenvalue weighted by molar-refractivity contribution is 0.410. The molecule has 0 unspecified atom stereocenters. The number of H-pyrrole nitrogens is 1. The highest BCUT2D eigenvalue weighted by Gasteiger charge is 2.03. The van der Waals surface area contributed by atoms with Crippen molar-refractivity contribution in [3.8, 4) is 11.5 Å². The first-order valence-electron chi connectivity index (χ1n) is 5.20. The second kappa shape index (κ2) is 5.31. The number of phenolic OH excluding ortho intramolecular Hbond substituents is 1. The molecule has 0 saturated heterocycles. The largest absolute Gasteiger partial charge is 0.508 e. The first-order valence-corrected chi connectivity index (χ1v) is 5.20. The molecule has 90 valence electrons. The minimum absolute atomic E-state index is 0.246. The highest BCUT2D eigenvalue weighted by Crippen LogP contribution is 2.22. The number of hydrogen-bond donors (Lipinski definition) is 3. The molecule has 6 heteroatoms. The predicted molar refractivity (Wildman–Crippen MR) is 61.6 cm³/mol. The van der Waals surface area contributed by atoms with Gasteiger partial charge in [-0.15, -0.1) is 0 Å². The van der Waals surface area contributed by atoms with E-state index in [1.165, 1.54) is 6.33 Å². The quantitative estimate of drug-likeness (QED) is 0.713. The molecule has 0 aliphatic heterocycles. The summed E-state index contributed by atoms with van der Waals surface area (Å²) in [4.78, 5) is 3.99. The Bertz CT molecular complexity index is 470. The second-order valence-electron chi connectivity index (χ2n) is 3.53. The number of nitrogens with zero attached hydrogens (tertiary/aromatic N) is 2. The van der Waals surface area contributed by atoms with Gasteiger partial charge in [-0.3, -0.25) is 5.10 Å². The Morgan fingerprint density at radius 3 is 3.00 bits per heavy atom. The third kappa shape index (κ3) is 2.94. The van der Waals surface area contributed by atoms with Gasteiger partial charge in [-0.25, -0.2) is 4.98 Å². The van der Waals surface area contributed by atoms with Gasteiger partial charge in [0.15, 0.2) is 0 Å². The van der Waals surface area contributed by atoms with E-state index >= 15 is 0 Å². The third-order valence-electron chi connectivity index (χ3n) is 2.36. The van der Waals surface area contributed by atoms with Crippen molar-refractivity contribution in [3.05, 3.63) is 35.9 Å². The summed E-state index contributed by atoms with van der Waals surface area (Å²) in [6.45, 7) is 1.10. The Kier molecular flexibility index (Phi) is 3.56. The zero-order valence-corrected chi connectivity index (χ0v) is 9.47. The maximum atomic E-state index is 9.66. The zero-order valence-electron chi connectivity index (χ0n) is 9.47. The number of aromatic hydroxyl groups is 1. The van der Waals surface area contributed by atoms with Crippen molar-refractivity contribution in [1.29, 1.82) is 0 Å². The van der Waals surface area contributed by atoms with Crippen molar-refractivity contribution in [2.24, 2.45) is 0 Å². The zero-order chi connectivity index (χ0) is 12.1. The summed E-state index contributed by atoms with van der Waals surface area (Å²) in [7, 11) is 1.60. The highest BCUT2D eigenvalue weighted by atomic mass is 16.5. The van der Waals surface area contributed by atoms with Crippen LogP contribution in [0.4, 0.5) is 0 Å². The fourth-order valence-electron chi connectivity index (χ4n) is 1.46. The first-order chi connectivity index (χ1) is 8.29. The maximum Gasteiger partial charge on any atom is 0.138 e. The van der Waals surface area contributed by atoms with E-state index in [-0.39, 0.29) is 5.75 Å². The van der Waals surface area contributed by atoms with Crippen LogP contribution in [0.3, 0.4) is 0 Å². The average Bonchev–Trinajstić information content (AvgIpc) is 2.84. The molecule has 6 nitrogen and oxygen atoms in total. The molecule has 0 amide bonds. The Morgan fingerprint density at radius 1 is 1.41 bits per heavy atom. The van der Waals surface area contributed by atoms with E-state index in [0.29, 0.717) is 13.1 Å². The van der Waals surface area contributed by atoms with E-state index < -0.39 is 0 Å². The highest BCUT2D eigenvalue weighted by molar-refractivity contribution is 5.39. The SMILES string of the molecule is COc1ccc(O)c(CNCc2ncn[nH]2)c1. The van der Waals surface area contributed by atoms with Gasteiger partial charge in [-0.1, -0.05) is 0 Å². The van der Waals surface area contributed by atoms with Crippen LogP contribution in [0, 0.1) is 0 Å². The molecule has 2 aromatic rings. The van der Waals surface area contributed by atoms with Crippen molar-refractivity contribution in [3.63, 3.8) is 0 Å². The molecular formula is C11H14N4O2. The van der Waals surface area contributed by atoms with Gasteiger partial charge in [0, 0.05) is 12.1 Å². The van der Waals surface area contributed by atoms with Gasteiger partial charge in [-0.05, 0) is 18.2 Å². The number of phenols is 1. The predicted octanol–water partition coefficient (Wildman–Crippen LogP) is 0.809. The molecule has 0 aliphatic carbocycles. The second-order valence-corrected chi connectivity index (χ2v) is 3.53. The van der Waals surface area contributed by atoms with Gasteiger partial charge in [0.1, 0.15) is 23.7 Å². The summed E-state index contributed by atoms with van der Waals surface area (Å²) in [5, 5.41) is 19.3. The normalized spacial score (nSPS) is 10.4. The van der Waals surface area contributed by atoms with Crippen LogP contribution in [-0.2, 0) is 13.1 Å². The molecule has 1 aromatic heterocycles. The van der Waals surface area contributed by atoms with Crippen molar-refractivity contribution < 1.29 is 9.84 Å². The van der Waals surface area contributed by atoms with Crippen molar-refractivity contribution in [1.82, 2.24) is 20.5 Å². The number of nitrogens with one attached hydrogen (secondary N) is 2. The van der Waals surface area contributed by atoms with Gasteiger partial charge < -0.3 is 15.2 Å². The van der Waals surface area contributed by atoms with Crippen LogP contribution in [0.25, 0.3) is 0 Å². The van der Waals surface area contributed by atoms with Crippen LogP contribution in [-0.4, -0.2) is 27.4 Å². The number of benzene rings is 1. The van der Waals surface area contributed by atoms with Crippen LogP contribution in [0.1, 0.15) is 11.4 Å². The van der Waals surface area contributed by atoms with Crippen LogP contribution in [0.5, 0.6) is 11.5 Å². The maximum absolute atomic E-state index is 9.66. The first kappa shape index (κ1) is 11.4. The van der Waals surface area contributed by atoms with E-state index in [2.05, 4.69) is 20.5 Å². The molecule has 0 fully saturated rings. The number of aromatic amines is 1. The van der Waals surface area contributed by atoms with Gasteiger partial charge >= 0.3 is 0 Å². The average molecular weight is 234 g/mol. The Morgan fingerprint density at radius 2 is 2.29 bits per heavy atom. The number of aromatic nitrogens is 3. The molecule has 1 heterocycles. The Hall–Kier alpha value is -2.08. The van der Waals surface area contributed by atoms with Crippen molar-refractivity contribution in [2.75, 3.05) is 7.11 Å². The van der Waals surface area contributed by atoms with Gasteiger partial charge in [0.2, 0.25) is 0 Å². The Balaban J connectivity index is 1.94. The van der Waals surface area contributed by atoms with E-state index in [1.807, 2.05) is 0 Å². The lowest BCUT2D eigenvalue weighted by atomic mass is 10.2. The molecule has 2 rings (SSSR count). The smallest absolute Gasteiger partial charge is 0.138 e. The lowest BCUT2D eigenvalue weighted by Crippen LogP contribution is -2.13. The van der Waals surface area contributed by atoms with E-state index in [4.69, 9.17) is 4.74 Å². The van der Waals surface area contributed by atoms with Gasteiger partial charge in [0.25, 0.3) is 0 Å². The van der Waals surface area contributed by atoms with E-state index in [0.717, 1.165) is 17.1 Å². The van der Waals surface area contributed by atoms with Crippen LogP contribution < -0.4 is 10.1 Å². The fraction of sp³-hybridized carbons (Fsp3) is 0.273. The van der Waals surface area contributed by atoms with E-state index in [1.54, 1.807) is 25.3 Å². The topological polar surface area (TPSA) is 83.1 Å². The number of rotatable bonds is 5. The molecular weight excluding hydrogens is 220 g/mol. The van der Waals surface area contributed by atoms with Crippen molar-refractivity contribution in [2.45, 2.75) is 13.1 Å². The fourth-order valence-corrected chi connectivity index (χ4v) is 1.46. The standard InChI is InChI=1S/C11H14N4O2/c1-17-9-2-3-10(16)8(4-9)5-12-6-11-13-7-14-15-11/h2-4,7,12,16H,5-6H2,1H3,(H,13,14,15). The minimum atomic E-state index is 0.246. The number of hydrogen-bond acceptors (Lipinski definition) is 5. The molecule has 0 saturated carbocycles. The molecule has 0 radical (unpaired) electrons. The summed E-state index contributed by atoms with van der Waals surface area (Å²) >= 11 is 0. The summed E-state index contributed by atoms with van der Waals surface area (Å²) in [5.74, 6) is 1.72. The molecule has 1 aromatic carbocycles. The van der Waals surface area contributed by atoms with E-state index in [9.17, 15) is 5.11 Å². The van der Waals surface area contributed by atoms with Crippen LogP contribution in [0.15, 0.2) is 24.5 Å². The third-order valence-corrected chi connectivity index (χ3v) is 2.36.